The molecule has 250 valence electrons. The zero-order chi connectivity index (χ0) is 31.3. The highest BCUT2D eigenvalue weighted by molar-refractivity contribution is 14.1. The maximum atomic E-state index is 7.00. The molecule has 5 rings (SSSR count). The van der Waals surface area contributed by atoms with Crippen molar-refractivity contribution in [1.82, 2.24) is 0 Å². The number of hydrogen-bond donors (Lipinski definition) is 0. The van der Waals surface area contributed by atoms with E-state index < -0.39 is 8.32 Å². The molecule has 5 fully saturated rings. The van der Waals surface area contributed by atoms with Gasteiger partial charge in [-0.15, -0.1) is 0 Å². The van der Waals surface area contributed by atoms with Crippen LogP contribution < -0.4 is 0 Å². The van der Waals surface area contributed by atoms with Crippen molar-refractivity contribution < 1.29 is 28.1 Å². The van der Waals surface area contributed by atoms with Crippen LogP contribution in [0.15, 0.2) is 0 Å². The van der Waals surface area contributed by atoms with E-state index in [0.717, 1.165) is 84.4 Å². The van der Waals surface area contributed by atoms with E-state index in [4.69, 9.17) is 28.1 Å². The van der Waals surface area contributed by atoms with Crippen molar-refractivity contribution in [1.29, 1.82) is 0 Å². The molecule has 0 N–H and O–H groups in total. The van der Waals surface area contributed by atoms with E-state index >= 15 is 0 Å². The third-order valence-corrected chi connectivity index (χ3v) is 19.2. The summed E-state index contributed by atoms with van der Waals surface area (Å²) in [6.45, 7) is 25.0. The molecule has 3 aliphatic heterocycles. The van der Waals surface area contributed by atoms with Crippen molar-refractivity contribution in [2.45, 2.75) is 164 Å². The number of hydrogen-bond acceptors (Lipinski definition) is 6. The van der Waals surface area contributed by atoms with E-state index in [1.807, 2.05) is 0 Å². The van der Waals surface area contributed by atoms with Crippen LogP contribution >= 0.6 is 22.6 Å². The number of rotatable bonds is 3. The summed E-state index contributed by atoms with van der Waals surface area (Å²) < 4.78 is 41.0. The summed E-state index contributed by atoms with van der Waals surface area (Å²) >= 11 is 2.62. The molecule has 2 spiro atoms. The Morgan fingerprint density at radius 3 is 2.35 bits per heavy atom. The lowest BCUT2D eigenvalue weighted by Crippen LogP contribution is -2.67. The molecule has 2 aliphatic carbocycles. The number of halogens is 1. The third-order valence-electron chi connectivity index (χ3n) is 13.0. The lowest BCUT2D eigenvalue weighted by molar-refractivity contribution is -0.259. The molecular formula is C35H63IO6Si. The smallest absolute Gasteiger partial charge is 0.192 e. The minimum Gasteiger partial charge on any atom is -0.412 e. The molecule has 2 saturated carbocycles. The van der Waals surface area contributed by atoms with Crippen molar-refractivity contribution in [3.05, 3.63) is 0 Å². The summed E-state index contributed by atoms with van der Waals surface area (Å²) in [7, 11) is -1.87. The third kappa shape index (κ3) is 6.58. The highest BCUT2D eigenvalue weighted by atomic mass is 127. The molecular weight excluding hydrogens is 671 g/mol. The van der Waals surface area contributed by atoms with Gasteiger partial charge in [0, 0.05) is 34.4 Å². The van der Waals surface area contributed by atoms with Crippen molar-refractivity contribution in [3.8, 4) is 0 Å². The van der Waals surface area contributed by atoms with Gasteiger partial charge in [0.1, 0.15) is 5.60 Å². The lowest BCUT2D eigenvalue weighted by atomic mass is 9.50. The van der Waals surface area contributed by atoms with Crippen LogP contribution in [0.4, 0.5) is 0 Å². The second-order valence-corrected chi connectivity index (χ2v) is 23.1. The van der Waals surface area contributed by atoms with Crippen LogP contribution in [0, 0.1) is 22.7 Å². The van der Waals surface area contributed by atoms with E-state index in [1.54, 1.807) is 0 Å². The molecule has 0 aromatic carbocycles. The second kappa shape index (κ2) is 13.3. The molecule has 43 heavy (non-hydrogen) atoms. The summed E-state index contributed by atoms with van der Waals surface area (Å²) in [6.07, 6.45) is 10.7. The summed E-state index contributed by atoms with van der Waals surface area (Å²) in [5.74, 6) is 1.20. The normalized spacial score (nSPS) is 46.0. The Balaban J connectivity index is 1.31. The van der Waals surface area contributed by atoms with Gasteiger partial charge in [-0.2, -0.15) is 0 Å². The molecule has 11 atom stereocenters. The molecule has 3 heterocycles. The van der Waals surface area contributed by atoms with Gasteiger partial charge in [-0.05, 0) is 75.4 Å². The molecule has 2 bridgehead atoms. The quantitative estimate of drug-likeness (QED) is 0.126. The van der Waals surface area contributed by atoms with Gasteiger partial charge in [0.25, 0.3) is 0 Å². The van der Waals surface area contributed by atoms with Crippen LogP contribution in [-0.4, -0.2) is 81.4 Å². The second-order valence-electron chi connectivity index (χ2n) is 16.8. The minimum atomic E-state index is -1.87. The molecule has 8 heteroatoms. The highest BCUT2D eigenvalue weighted by Gasteiger charge is 2.82. The summed E-state index contributed by atoms with van der Waals surface area (Å²) in [5.41, 5.74) is -0.336. The monoisotopic (exact) mass is 734 g/mol. The fourth-order valence-electron chi connectivity index (χ4n) is 8.73. The van der Waals surface area contributed by atoms with Crippen molar-refractivity contribution in [3.63, 3.8) is 0 Å². The van der Waals surface area contributed by atoms with E-state index in [9.17, 15) is 0 Å². The predicted octanol–water partition coefficient (Wildman–Crippen LogP) is 8.34. The Kier molecular flexibility index (Phi) is 10.8. The van der Waals surface area contributed by atoms with Crippen LogP contribution in [0.5, 0.6) is 0 Å². The maximum absolute atomic E-state index is 7.00. The van der Waals surface area contributed by atoms with E-state index in [0.29, 0.717) is 15.8 Å². The van der Waals surface area contributed by atoms with E-state index in [2.05, 4.69) is 84.2 Å². The van der Waals surface area contributed by atoms with Crippen molar-refractivity contribution in [2.24, 2.45) is 22.7 Å². The topological polar surface area (TPSA) is 58.7 Å². The van der Waals surface area contributed by atoms with Gasteiger partial charge < -0.3 is 28.1 Å². The summed E-state index contributed by atoms with van der Waals surface area (Å²) in [4.78, 5) is 0. The van der Waals surface area contributed by atoms with Gasteiger partial charge in [-0.1, -0.05) is 77.0 Å². The Bertz CT molecular complexity index is 938. The van der Waals surface area contributed by atoms with Gasteiger partial charge in [-0.25, -0.2) is 0 Å². The first-order chi connectivity index (χ1) is 20.2. The van der Waals surface area contributed by atoms with Crippen molar-refractivity contribution >= 4 is 30.9 Å². The molecule has 0 aromatic heterocycles. The first-order valence-electron chi connectivity index (χ1n) is 17.6. The number of ether oxygens (including phenoxy) is 5. The summed E-state index contributed by atoms with van der Waals surface area (Å²) in [5, 5.41) is 0.190. The van der Waals surface area contributed by atoms with Gasteiger partial charge in [0.2, 0.25) is 0 Å². The molecule has 6 nitrogen and oxygen atoms in total. The van der Waals surface area contributed by atoms with Crippen LogP contribution in [0.1, 0.15) is 106 Å². The largest absolute Gasteiger partial charge is 0.412 e. The van der Waals surface area contributed by atoms with Gasteiger partial charge >= 0.3 is 0 Å². The van der Waals surface area contributed by atoms with E-state index in [-0.39, 0.29) is 52.0 Å². The highest BCUT2D eigenvalue weighted by Crippen LogP contribution is 2.72. The molecule has 0 radical (unpaired) electrons. The Morgan fingerprint density at radius 2 is 1.65 bits per heavy atom. The molecule has 0 amide bonds. The van der Waals surface area contributed by atoms with Gasteiger partial charge in [0.05, 0.1) is 50.3 Å². The number of alkyl halides is 1. The van der Waals surface area contributed by atoms with Crippen LogP contribution in [0.25, 0.3) is 0 Å². The zero-order valence-corrected chi connectivity index (χ0v) is 32.0. The molecule has 3 saturated heterocycles. The fourth-order valence-corrected chi connectivity index (χ4v) is 10.8. The van der Waals surface area contributed by atoms with Gasteiger partial charge in [0.15, 0.2) is 8.32 Å². The van der Waals surface area contributed by atoms with Crippen LogP contribution in [0.3, 0.4) is 0 Å². The predicted molar refractivity (Wildman–Crippen MR) is 184 cm³/mol. The van der Waals surface area contributed by atoms with Gasteiger partial charge in [-0.3, -0.25) is 0 Å². The first-order valence-corrected chi connectivity index (χ1v) is 21.7. The average molecular weight is 735 g/mol. The Morgan fingerprint density at radius 1 is 0.907 bits per heavy atom. The maximum Gasteiger partial charge on any atom is 0.192 e. The Hall–Kier alpha value is 0.707. The molecule has 0 aromatic rings. The average Bonchev–Trinajstić information content (AvgIpc) is 3.70. The first kappa shape index (κ1) is 35.0. The Labute approximate surface area is 278 Å². The van der Waals surface area contributed by atoms with Crippen LogP contribution in [0.2, 0.25) is 18.1 Å². The lowest BCUT2D eigenvalue weighted by Gasteiger charge is -2.60. The fraction of sp³-hybridized carbons (Fsp3) is 1.00. The van der Waals surface area contributed by atoms with Crippen molar-refractivity contribution in [2.75, 3.05) is 33.0 Å². The zero-order valence-electron chi connectivity index (χ0n) is 28.8. The standard InChI is InChI=1S/C35H63IO6Si/c1-24-14-16-34-22-37-21-27(36)25(2)15-18-38-28(26(3)42-43(8,9)32(4,5)6)13-11-10-12-17-39-29-20-31(41-30(34)19-24)35(23-40-35)33(29,34)7/h24-31H,10-23H2,1-9H3/t24?,25-,26-,27+,28-,29-,30-,31-,33-,34-,35+/m1/s1. The molecule has 5 aliphatic rings. The van der Waals surface area contributed by atoms with E-state index in [1.165, 1.54) is 6.42 Å². The summed E-state index contributed by atoms with van der Waals surface area (Å²) in [6, 6.07) is 0. The SMILES string of the molecule is CC1CC[C@@]23COC[C@H](I)[C@H](C)CCO[C@@H]([C@@H](C)O[Si](C)(C)C(C)(C)C)CCCCCO[C@@H]4C[C@@H](O[C@@H]2C1)[C@@]1(CO1)[C@]43C. The minimum absolute atomic E-state index is 0.0602. The number of epoxide rings is 1. The van der Waals surface area contributed by atoms with Crippen LogP contribution in [-0.2, 0) is 28.1 Å². The molecule has 1 unspecified atom stereocenters.